The van der Waals surface area contributed by atoms with Crippen LogP contribution in [0.2, 0.25) is 0 Å². The van der Waals surface area contributed by atoms with Crippen molar-refractivity contribution in [2.45, 2.75) is 58.5 Å². The molecule has 2 atom stereocenters. The first-order valence-electron chi connectivity index (χ1n) is 9.76. The Morgan fingerprint density at radius 1 is 1.30 bits per heavy atom. The van der Waals surface area contributed by atoms with Crippen LogP contribution in [0.15, 0.2) is 18.2 Å². The lowest BCUT2D eigenvalue weighted by atomic mass is 9.78. The van der Waals surface area contributed by atoms with E-state index < -0.39 is 11.6 Å². The molecule has 0 heterocycles. The number of esters is 1. The maximum absolute atomic E-state index is 13.1. The molecule has 0 bridgehead atoms. The zero-order chi connectivity index (χ0) is 19.9. The van der Waals surface area contributed by atoms with Crippen molar-refractivity contribution >= 4 is 17.6 Å². The number of amides is 1. The van der Waals surface area contributed by atoms with Crippen LogP contribution >= 0.6 is 0 Å². The van der Waals surface area contributed by atoms with E-state index in [1.54, 1.807) is 18.2 Å². The molecule has 2 rings (SSSR count). The molecule has 1 aromatic rings. The third-order valence-electron chi connectivity index (χ3n) is 4.89. The zero-order valence-corrected chi connectivity index (χ0v) is 16.8. The first-order chi connectivity index (χ1) is 13.0. The number of hydrogen-bond acceptors (Lipinski definition) is 5. The molecule has 6 heteroatoms. The summed E-state index contributed by atoms with van der Waals surface area (Å²) in [7, 11) is 1.32. The van der Waals surface area contributed by atoms with Crippen LogP contribution in [-0.2, 0) is 14.3 Å². The summed E-state index contributed by atoms with van der Waals surface area (Å²) in [5.74, 6) is 0.221. The van der Waals surface area contributed by atoms with Gasteiger partial charge in [-0.05, 0) is 56.7 Å². The summed E-state index contributed by atoms with van der Waals surface area (Å²) in [6.45, 7) is 7.02. The van der Waals surface area contributed by atoms with Crippen LogP contribution in [0.25, 0.3) is 0 Å². The predicted molar refractivity (Wildman–Crippen MR) is 104 cm³/mol. The van der Waals surface area contributed by atoms with E-state index >= 15 is 0 Å². The van der Waals surface area contributed by atoms with Crippen molar-refractivity contribution in [2.24, 2.45) is 5.92 Å². The number of methoxy groups -OCH3 is 1. The van der Waals surface area contributed by atoms with Gasteiger partial charge in [0.15, 0.2) is 0 Å². The number of ether oxygens (including phenoxy) is 3. The summed E-state index contributed by atoms with van der Waals surface area (Å²) in [4.78, 5) is 25.2. The quantitative estimate of drug-likeness (QED) is 0.688. The first kappa shape index (κ1) is 21.2. The number of benzene rings is 1. The molecule has 150 valence electrons. The second kappa shape index (κ2) is 9.74. The number of carbonyl (C=O) groups is 2. The molecule has 1 N–H and O–H groups in total. The Hall–Kier alpha value is -2.08. The molecule has 0 unspecified atom stereocenters. The molecule has 0 spiro atoms. The molecule has 1 amide bonds. The zero-order valence-electron chi connectivity index (χ0n) is 16.8. The van der Waals surface area contributed by atoms with E-state index in [2.05, 4.69) is 12.2 Å². The summed E-state index contributed by atoms with van der Waals surface area (Å²) in [5, 5.41) is 2.94. The first-order valence-corrected chi connectivity index (χ1v) is 9.76. The molecule has 27 heavy (non-hydrogen) atoms. The predicted octanol–water partition coefficient (Wildman–Crippen LogP) is 4.19. The van der Waals surface area contributed by atoms with E-state index in [1.807, 2.05) is 13.8 Å². The lowest BCUT2D eigenvalue weighted by molar-refractivity contribution is -0.148. The Balaban J connectivity index is 2.25. The monoisotopic (exact) mass is 377 g/mol. The molecule has 0 aromatic heterocycles. The molecule has 1 fully saturated rings. The van der Waals surface area contributed by atoms with Crippen molar-refractivity contribution < 1.29 is 23.8 Å². The van der Waals surface area contributed by atoms with Gasteiger partial charge in [-0.25, -0.2) is 4.79 Å². The Labute approximate surface area is 161 Å². The second-order valence-electron chi connectivity index (χ2n) is 7.13. The van der Waals surface area contributed by atoms with Crippen molar-refractivity contribution in [1.82, 2.24) is 0 Å². The lowest BCUT2D eigenvalue weighted by Crippen LogP contribution is -2.48. The maximum Gasteiger partial charge on any atom is 0.341 e. The highest BCUT2D eigenvalue weighted by atomic mass is 16.5. The van der Waals surface area contributed by atoms with Gasteiger partial charge in [-0.15, -0.1) is 0 Å². The van der Waals surface area contributed by atoms with Gasteiger partial charge in [0, 0.05) is 12.3 Å². The summed E-state index contributed by atoms with van der Waals surface area (Å²) < 4.78 is 16.4. The van der Waals surface area contributed by atoms with Crippen LogP contribution in [0.3, 0.4) is 0 Å². The molecule has 1 aliphatic rings. The highest BCUT2D eigenvalue weighted by molar-refractivity contribution is 5.99. The fourth-order valence-corrected chi connectivity index (χ4v) is 3.61. The van der Waals surface area contributed by atoms with Gasteiger partial charge in [0.2, 0.25) is 0 Å². The van der Waals surface area contributed by atoms with E-state index in [4.69, 9.17) is 14.2 Å². The average molecular weight is 377 g/mol. The van der Waals surface area contributed by atoms with Crippen LogP contribution < -0.4 is 10.1 Å². The third kappa shape index (κ3) is 5.22. The maximum atomic E-state index is 13.1. The Morgan fingerprint density at radius 2 is 2.07 bits per heavy atom. The molecule has 6 nitrogen and oxygen atoms in total. The van der Waals surface area contributed by atoms with Crippen molar-refractivity contribution in [3.8, 4) is 5.75 Å². The van der Waals surface area contributed by atoms with Gasteiger partial charge in [-0.2, -0.15) is 0 Å². The Morgan fingerprint density at radius 3 is 2.70 bits per heavy atom. The average Bonchev–Trinajstić information content (AvgIpc) is 2.67. The van der Waals surface area contributed by atoms with E-state index in [0.717, 1.165) is 19.3 Å². The van der Waals surface area contributed by atoms with Gasteiger partial charge >= 0.3 is 5.97 Å². The summed E-state index contributed by atoms with van der Waals surface area (Å²) in [5.41, 5.74) is 0.0109. The van der Waals surface area contributed by atoms with Crippen LogP contribution in [0, 0.1) is 5.92 Å². The summed E-state index contributed by atoms with van der Waals surface area (Å²) in [6.07, 6.45) is 4.36. The van der Waals surface area contributed by atoms with Gasteiger partial charge in [0.1, 0.15) is 16.9 Å². The SMILES string of the molecule is CCCO[C@]1(C(=O)Nc2ccc(OCC)c(C(=O)OC)c2)CCC[C@@H](C)C1. The highest BCUT2D eigenvalue weighted by Gasteiger charge is 2.42. The molecular weight excluding hydrogens is 346 g/mol. The van der Waals surface area contributed by atoms with E-state index in [-0.39, 0.29) is 11.5 Å². The Bertz CT molecular complexity index is 660. The minimum atomic E-state index is -0.808. The molecule has 0 radical (unpaired) electrons. The van der Waals surface area contributed by atoms with Gasteiger partial charge in [0.05, 0.1) is 13.7 Å². The minimum absolute atomic E-state index is 0.150. The van der Waals surface area contributed by atoms with E-state index in [9.17, 15) is 9.59 Å². The van der Waals surface area contributed by atoms with Crippen molar-refractivity contribution in [2.75, 3.05) is 25.6 Å². The minimum Gasteiger partial charge on any atom is -0.493 e. The van der Waals surface area contributed by atoms with Crippen molar-refractivity contribution in [3.05, 3.63) is 23.8 Å². The molecule has 1 aliphatic carbocycles. The molecule has 0 saturated heterocycles. The van der Waals surface area contributed by atoms with E-state index in [0.29, 0.717) is 43.4 Å². The lowest BCUT2D eigenvalue weighted by Gasteiger charge is -2.38. The van der Waals surface area contributed by atoms with Gasteiger partial charge in [0.25, 0.3) is 5.91 Å². The smallest absolute Gasteiger partial charge is 0.341 e. The third-order valence-corrected chi connectivity index (χ3v) is 4.89. The molecule has 0 aliphatic heterocycles. The van der Waals surface area contributed by atoms with Crippen LogP contribution in [0.4, 0.5) is 5.69 Å². The van der Waals surface area contributed by atoms with Gasteiger partial charge in [-0.3, -0.25) is 4.79 Å². The Kier molecular flexibility index (Phi) is 7.66. The summed E-state index contributed by atoms with van der Waals surface area (Å²) in [6, 6.07) is 5.00. The highest BCUT2D eigenvalue weighted by Crippen LogP contribution is 2.36. The van der Waals surface area contributed by atoms with Crippen LogP contribution in [0.5, 0.6) is 5.75 Å². The van der Waals surface area contributed by atoms with Crippen molar-refractivity contribution in [3.63, 3.8) is 0 Å². The summed E-state index contributed by atoms with van der Waals surface area (Å²) >= 11 is 0. The van der Waals surface area contributed by atoms with Gasteiger partial charge in [-0.1, -0.05) is 20.3 Å². The fraction of sp³-hybridized carbons (Fsp3) is 0.619. The standard InChI is InChI=1S/C21H31NO5/c1-5-12-27-21(11-7-8-15(3)14-21)20(24)22-16-9-10-18(26-6-2)17(13-16)19(23)25-4/h9-10,13,15H,5-8,11-12,14H2,1-4H3,(H,22,24)/t15-,21-/m1/s1. The number of anilines is 1. The second-order valence-corrected chi connectivity index (χ2v) is 7.13. The van der Waals surface area contributed by atoms with Crippen molar-refractivity contribution in [1.29, 1.82) is 0 Å². The molecular formula is C21H31NO5. The fourth-order valence-electron chi connectivity index (χ4n) is 3.61. The molecule has 1 saturated carbocycles. The normalized spacial score (nSPS) is 22.1. The van der Waals surface area contributed by atoms with Crippen LogP contribution in [0.1, 0.15) is 63.2 Å². The van der Waals surface area contributed by atoms with Gasteiger partial charge < -0.3 is 19.5 Å². The topological polar surface area (TPSA) is 73.9 Å². The number of hydrogen-bond donors (Lipinski definition) is 1. The number of carbonyl (C=O) groups excluding carboxylic acids is 2. The van der Waals surface area contributed by atoms with E-state index in [1.165, 1.54) is 7.11 Å². The number of rotatable bonds is 8. The number of nitrogens with one attached hydrogen (secondary N) is 1. The molecule has 1 aromatic carbocycles. The largest absolute Gasteiger partial charge is 0.493 e. The van der Waals surface area contributed by atoms with Crippen LogP contribution in [-0.4, -0.2) is 37.8 Å².